The molecule has 2 aromatic rings. The van der Waals surface area contributed by atoms with E-state index in [1.807, 2.05) is 14.1 Å². The van der Waals surface area contributed by atoms with E-state index in [1.165, 1.54) is 11.1 Å². The summed E-state index contributed by atoms with van der Waals surface area (Å²) in [7, 11) is 4.03. The predicted molar refractivity (Wildman–Crippen MR) is 140 cm³/mol. The van der Waals surface area contributed by atoms with Crippen molar-refractivity contribution in [3.63, 3.8) is 0 Å². The van der Waals surface area contributed by atoms with E-state index in [9.17, 15) is 9.90 Å². The predicted octanol–water partition coefficient (Wildman–Crippen LogP) is 1.25. The number of piperidine rings is 1. The zero-order valence-electron chi connectivity index (χ0n) is 21.8. The molecule has 0 spiro atoms. The number of benzene rings is 1. The molecule has 0 bridgehead atoms. The number of amides is 1. The van der Waals surface area contributed by atoms with Gasteiger partial charge in [0.15, 0.2) is 0 Å². The Kier molecular flexibility index (Phi) is 8.19. The summed E-state index contributed by atoms with van der Waals surface area (Å²) in [6.07, 6.45) is 1.92. The van der Waals surface area contributed by atoms with E-state index in [2.05, 4.69) is 49.4 Å². The highest BCUT2D eigenvalue weighted by atomic mass is 16.5. The minimum atomic E-state index is -0.615. The summed E-state index contributed by atoms with van der Waals surface area (Å²) in [4.78, 5) is 28.5. The van der Waals surface area contributed by atoms with Crippen molar-refractivity contribution in [1.82, 2.24) is 24.7 Å². The first-order valence-electron chi connectivity index (χ1n) is 13.3. The third kappa shape index (κ3) is 6.38. The number of aliphatic hydroxyl groups is 1. The highest BCUT2D eigenvalue weighted by Crippen LogP contribution is 2.26. The normalized spacial score (nSPS) is 22.4. The number of carbonyl (C=O) groups is 1. The number of ether oxygens (including phenoxy) is 2. The minimum Gasteiger partial charge on any atom is -0.463 e. The number of aliphatic hydroxyl groups excluding tert-OH is 1. The van der Waals surface area contributed by atoms with Crippen LogP contribution in [0.15, 0.2) is 30.3 Å². The fourth-order valence-electron chi connectivity index (χ4n) is 5.24. The van der Waals surface area contributed by atoms with Crippen LogP contribution in [0.25, 0.3) is 0 Å². The topological polar surface area (TPSA) is 103 Å². The van der Waals surface area contributed by atoms with Gasteiger partial charge in [-0.1, -0.05) is 24.3 Å². The SMILES string of the molecule is CN(C)CCCOc1nc(NC2COC2)cc(C(=O)N2CC[C@@H](N3CCc4ccccc4C3)[C@H](O)C2)n1. The van der Waals surface area contributed by atoms with Gasteiger partial charge in [0.2, 0.25) is 0 Å². The summed E-state index contributed by atoms with van der Waals surface area (Å²) in [5, 5.41) is 14.4. The van der Waals surface area contributed by atoms with Crippen LogP contribution < -0.4 is 10.1 Å². The molecular weight excluding hydrogens is 472 g/mol. The molecule has 2 saturated heterocycles. The third-order valence-corrected chi connectivity index (χ3v) is 7.36. The van der Waals surface area contributed by atoms with Crippen molar-refractivity contribution in [2.24, 2.45) is 0 Å². The Balaban J connectivity index is 1.23. The average molecular weight is 511 g/mol. The molecule has 0 unspecified atom stereocenters. The zero-order valence-corrected chi connectivity index (χ0v) is 21.8. The van der Waals surface area contributed by atoms with Crippen molar-refractivity contribution < 1.29 is 19.4 Å². The van der Waals surface area contributed by atoms with Crippen LogP contribution in [0.1, 0.15) is 34.5 Å². The first kappa shape index (κ1) is 25.8. The van der Waals surface area contributed by atoms with E-state index in [1.54, 1.807) is 11.0 Å². The van der Waals surface area contributed by atoms with Gasteiger partial charge in [-0.15, -0.1) is 0 Å². The number of aromatic nitrogens is 2. The number of anilines is 1. The molecular formula is C27H38N6O4. The molecule has 37 heavy (non-hydrogen) atoms. The first-order valence-corrected chi connectivity index (χ1v) is 13.3. The van der Waals surface area contributed by atoms with Crippen LogP contribution in [0.3, 0.4) is 0 Å². The number of β-amino-alcohol motifs (C(OH)–C–C–N with tert-alkyl or cyclic N) is 1. The number of nitrogens with zero attached hydrogens (tertiary/aromatic N) is 5. The van der Waals surface area contributed by atoms with Gasteiger partial charge in [0.1, 0.15) is 11.5 Å². The van der Waals surface area contributed by atoms with E-state index >= 15 is 0 Å². The van der Waals surface area contributed by atoms with Crippen molar-refractivity contribution >= 4 is 11.7 Å². The van der Waals surface area contributed by atoms with Crippen LogP contribution in [-0.2, 0) is 17.7 Å². The summed E-state index contributed by atoms with van der Waals surface area (Å²) in [6.45, 7) is 5.17. The third-order valence-electron chi connectivity index (χ3n) is 7.36. The van der Waals surface area contributed by atoms with Gasteiger partial charge in [0.05, 0.1) is 32.0 Å². The molecule has 0 radical (unpaired) electrons. The summed E-state index contributed by atoms with van der Waals surface area (Å²) in [5.41, 5.74) is 3.00. The molecule has 10 nitrogen and oxygen atoms in total. The van der Waals surface area contributed by atoms with Crippen LogP contribution in [-0.4, -0.2) is 114 Å². The Morgan fingerprint density at radius 1 is 1.22 bits per heavy atom. The largest absolute Gasteiger partial charge is 0.463 e. The van der Waals surface area contributed by atoms with Gasteiger partial charge in [-0.2, -0.15) is 9.97 Å². The van der Waals surface area contributed by atoms with Gasteiger partial charge in [-0.25, -0.2) is 0 Å². The van der Waals surface area contributed by atoms with Gasteiger partial charge >= 0.3 is 6.01 Å². The molecule has 2 atom stereocenters. The highest BCUT2D eigenvalue weighted by molar-refractivity contribution is 5.93. The van der Waals surface area contributed by atoms with Crippen LogP contribution in [0.4, 0.5) is 5.82 Å². The maximum Gasteiger partial charge on any atom is 0.319 e. The monoisotopic (exact) mass is 510 g/mol. The maximum atomic E-state index is 13.5. The molecule has 200 valence electrons. The number of nitrogens with one attached hydrogen (secondary N) is 1. The molecule has 1 aromatic heterocycles. The lowest BCUT2D eigenvalue weighted by molar-refractivity contribution is -0.0139. The van der Waals surface area contributed by atoms with Crippen molar-refractivity contribution in [3.8, 4) is 6.01 Å². The first-order chi connectivity index (χ1) is 18.0. The van der Waals surface area contributed by atoms with Crippen molar-refractivity contribution in [2.75, 3.05) is 65.4 Å². The number of rotatable bonds is 9. The Labute approximate surface area is 218 Å². The average Bonchev–Trinajstić information content (AvgIpc) is 2.88. The number of hydrogen-bond donors (Lipinski definition) is 2. The van der Waals surface area contributed by atoms with Crippen molar-refractivity contribution in [3.05, 3.63) is 47.2 Å². The number of fused-ring (bicyclic) bond motifs is 1. The van der Waals surface area contributed by atoms with Crippen molar-refractivity contribution in [1.29, 1.82) is 0 Å². The minimum absolute atomic E-state index is 0.0363. The molecule has 0 saturated carbocycles. The summed E-state index contributed by atoms with van der Waals surface area (Å²) in [5.74, 6) is 0.339. The molecule has 1 aromatic carbocycles. The molecule has 2 fully saturated rings. The van der Waals surface area contributed by atoms with E-state index < -0.39 is 6.10 Å². The number of likely N-dealkylation sites (tertiary alicyclic amines) is 1. The molecule has 5 rings (SSSR count). The summed E-state index contributed by atoms with van der Waals surface area (Å²) >= 11 is 0. The fourth-order valence-corrected chi connectivity index (χ4v) is 5.24. The van der Waals surface area contributed by atoms with Crippen molar-refractivity contribution in [2.45, 2.75) is 44.0 Å². The number of hydrogen-bond acceptors (Lipinski definition) is 9. The highest BCUT2D eigenvalue weighted by Gasteiger charge is 2.36. The van der Waals surface area contributed by atoms with Crippen LogP contribution in [0.5, 0.6) is 6.01 Å². The van der Waals surface area contributed by atoms with E-state index in [4.69, 9.17) is 9.47 Å². The van der Waals surface area contributed by atoms with Gasteiger partial charge in [-0.3, -0.25) is 9.69 Å². The molecule has 1 amide bonds. The second kappa shape index (κ2) is 11.7. The van der Waals surface area contributed by atoms with Gasteiger partial charge in [0.25, 0.3) is 5.91 Å². The zero-order chi connectivity index (χ0) is 25.8. The Morgan fingerprint density at radius 3 is 2.76 bits per heavy atom. The van der Waals surface area contributed by atoms with E-state index in [0.29, 0.717) is 32.2 Å². The fraction of sp³-hybridized carbons (Fsp3) is 0.593. The molecule has 3 aliphatic heterocycles. The molecule has 3 aliphatic rings. The molecule has 10 heteroatoms. The van der Waals surface area contributed by atoms with E-state index in [0.717, 1.165) is 38.9 Å². The van der Waals surface area contributed by atoms with Crippen LogP contribution in [0.2, 0.25) is 0 Å². The molecule has 2 N–H and O–H groups in total. The molecule has 0 aliphatic carbocycles. The van der Waals surface area contributed by atoms with Gasteiger partial charge in [0, 0.05) is 44.8 Å². The Bertz CT molecular complexity index is 1080. The van der Waals surface area contributed by atoms with Gasteiger partial charge < -0.3 is 29.7 Å². The number of carbonyl (C=O) groups excluding carboxylic acids is 1. The Hall–Kier alpha value is -2.79. The lowest BCUT2D eigenvalue weighted by Gasteiger charge is -2.43. The lowest BCUT2D eigenvalue weighted by Crippen LogP contribution is -2.56. The molecule has 4 heterocycles. The standard InChI is InChI=1S/C27H38N6O4/c1-31(2)10-5-13-37-27-29-22(14-25(30-27)28-21-17-36-18-21)26(35)33-12-9-23(24(34)16-33)32-11-8-19-6-3-4-7-20(19)15-32/h3-4,6-7,14,21,23-24,34H,5,8-13,15-18H2,1-2H3,(H,28,29,30)/t23-,24-/m1/s1. The maximum absolute atomic E-state index is 13.5. The summed E-state index contributed by atoms with van der Waals surface area (Å²) < 4.78 is 11.1. The Morgan fingerprint density at radius 2 is 2.03 bits per heavy atom. The quantitative estimate of drug-likeness (QED) is 0.483. The van der Waals surface area contributed by atoms with Gasteiger partial charge in [-0.05, 0) is 44.5 Å². The second-order valence-corrected chi connectivity index (χ2v) is 10.5. The lowest BCUT2D eigenvalue weighted by atomic mass is 9.94. The summed E-state index contributed by atoms with van der Waals surface area (Å²) in [6, 6.07) is 10.6. The van der Waals surface area contributed by atoms with Crippen LogP contribution in [0, 0.1) is 0 Å². The van der Waals surface area contributed by atoms with Crippen LogP contribution >= 0.6 is 0 Å². The van der Waals surface area contributed by atoms with E-state index in [-0.39, 0.29) is 36.2 Å². The smallest absolute Gasteiger partial charge is 0.319 e. The second-order valence-electron chi connectivity index (χ2n) is 10.5.